The van der Waals surface area contributed by atoms with E-state index >= 15 is 0 Å². The molecule has 2 aromatic rings. The standard InChI is InChI=1S/C14H16N4O/c1-2-7-16-12-3-4-13(17-10-12)14(19)18-11-5-8-15-9-6-11/h3-6,8-10,16H,2,7H2,1H3,(H,15,18,19). The molecule has 0 aliphatic rings. The van der Waals surface area contributed by atoms with E-state index in [1.165, 1.54) is 0 Å². The van der Waals surface area contributed by atoms with Crippen molar-refractivity contribution < 1.29 is 4.79 Å². The quantitative estimate of drug-likeness (QED) is 0.862. The highest BCUT2D eigenvalue weighted by Crippen LogP contribution is 2.09. The van der Waals surface area contributed by atoms with Crippen LogP contribution in [-0.2, 0) is 0 Å². The second-order valence-corrected chi connectivity index (χ2v) is 4.05. The van der Waals surface area contributed by atoms with E-state index in [2.05, 4.69) is 27.5 Å². The normalized spacial score (nSPS) is 9.95. The smallest absolute Gasteiger partial charge is 0.274 e. The van der Waals surface area contributed by atoms with E-state index in [9.17, 15) is 4.79 Å². The molecule has 5 nitrogen and oxygen atoms in total. The van der Waals surface area contributed by atoms with Crippen LogP contribution in [0.25, 0.3) is 0 Å². The average Bonchev–Trinajstić information content (AvgIpc) is 2.46. The first-order chi connectivity index (χ1) is 9.29. The van der Waals surface area contributed by atoms with Gasteiger partial charge in [-0.15, -0.1) is 0 Å². The van der Waals surface area contributed by atoms with Crippen LogP contribution in [0.4, 0.5) is 11.4 Å². The van der Waals surface area contributed by atoms with Crippen molar-refractivity contribution >= 4 is 17.3 Å². The molecular formula is C14H16N4O. The molecule has 0 aliphatic heterocycles. The van der Waals surface area contributed by atoms with Crippen LogP contribution in [0.15, 0.2) is 42.9 Å². The average molecular weight is 256 g/mol. The van der Waals surface area contributed by atoms with Crippen LogP contribution in [0, 0.1) is 0 Å². The fourth-order valence-electron chi connectivity index (χ4n) is 1.53. The predicted octanol–water partition coefficient (Wildman–Crippen LogP) is 2.55. The summed E-state index contributed by atoms with van der Waals surface area (Å²) in [4.78, 5) is 20.0. The molecule has 2 rings (SSSR count). The molecule has 2 aromatic heterocycles. The van der Waals surface area contributed by atoms with Gasteiger partial charge in [0.05, 0.1) is 11.9 Å². The summed E-state index contributed by atoms with van der Waals surface area (Å²) in [7, 11) is 0. The number of pyridine rings is 2. The highest BCUT2D eigenvalue weighted by molar-refractivity contribution is 6.02. The highest BCUT2D eigenvalue weighted by Gasteiger charge is 2.07. The van der Waals surface area contributed by atoms with Crippen LogP contribution < -0.4 is 10.6 Å². The molecule has 0 aromatic carbocycles. The number of hydrogen-bond acceptors (Lipinski definition) is 4. The first kappa shape index (κ1) is 13.0. The largest absolute Gasteiger partial charge is 0.384 e. The van der Waals surface area contributed by atoms with Crippen LogP contribution in [0.5, 0.6) is 0 Å². The van der Waals surface area contributed by atoms with Gasteiger partial charge >= 0.3 is 0 Å². The van der Waals surface area contributed by atoms with Crippen molar-refractivity contribution in [3.63, 3.8) is 0 Å². The van der Waals surface area contributed by atoms with E-state index < -0.39 is 0 Å². The van der Waals surface area contributed by atoms with Crippen LogP contribution in [0.3, 0.4) is 0 Å². The van der Waals surface area contributed by atoms with Crippen LogP contribution in [0.1, 0.15) is 23.8 Å². The van der Waals surface area contributed by atoms with Gasteiger partial charge in [-0.05, 0) is 30.7 Å². The van der Waals surface area contributed by atoms with E-state index in [1.54, 1.807) is 36.8 Å². The molecule has 0 saturated heterocycles. The molecule has 1 amide bonds. The van der Waals surface area contributed by atoms with Crippen molar-refractivity contribution in [2.45, 2.75) is 13.3 Å². The summed E-state index contributed by atoms with van der Waals surface area (Å²) >= 11 is 0. The Morgan fingerprint density at radius 3 is 2.58 bits per heavy atom. The third kappa shape index (κ3) is 3.77. The molecule has 98 valence electrons. The summed E-state index contributed by atoms with van der Waals surface area (Å²) in [5.41, 5.74) is 2.01. The van der Waals surface area contributed by atoms with E-state index in [0.29, 0.717) is 11.4 Å². The van der Waals surface area contributed by atoms with Gasteiger partial charge in [-0.3, -0.25) is 9.78 Å². The number of amides is 1. The Morgan fingerprint density at radius 2 is 1.95 bits per heavy atom. The third-order valence-electron chi connectivity index (χ3n) is 2.51. The number of anilines is 2. The number of carbonyl (C=O) groups excluding carboxylic acids is 1. The fourth-order valence-corrected chi connectivity index (χ4v) is 1.53. The zero-order valence-corrected chi connectivity index (χ0v) is 10.8. The van der Waals surface area contributed by atoms with E-state index in [-0.39, 0.29) is 5.91 Å². The number of hydrogen-bond donors (Lipinski definition) is 2. The second kappa shape index (κ2) is 6.49. The summed E-state index contributed by atoms with van der Waals surface area (Å²) < 4.78 is 0. The molecule has 2 heterocycles. The minimum atomic E-state index is -0.228. The minimum Gasteiger partial charge on any atom is -0.384 e. The number of nitrogens with zero attached hydrogens (tertiary/aromatic N) is 2. The van der Waals surface area contributed by atoms with Gasteiger partial charge < -0.3 is 10.6 Å². The van der Waals surface area contributed by atoms with Gasteiger partial charge in [-0.25, -0.2) is 4.98 Å². The molecule has 0 radical (unpaired) electrons. The van der Waals surface area contributed by atoms with E-state index in [4.69, 9.17) is 0 Å². The van der Waals surface area contributed by atoms with E-state index in [0.717, 1.165) is 18.7 Å². The second-order valence-electron chi connectivity index (χ2n) is 4.05. The van der Waals surface area contributed by atoms with Gasteiger partial charge in [0.25, 0.3) is 5.91 Å². The lowest BCUT2D eigenvalue weighted by Gasteiger charge is -2.06. The first-order valence-corrected chi connectivity index (χ1v) is 6.21. The third-order valence-corrected chi connectivity index (χ3v) is 2.51. The first-order valence-electron chi connectivity index (χ1n) is 6.21. The monoisotopic (exact) mass is 256 g/mol. The summed E-state index contributed by atoms with van der Waals surface area (Å²) in [5.74, 6) is -0.228. The maximum Gasteiger partial charge on any atom is 0.274 e. The molecular weight excluding hydrogens is 240 g/mol. The molecule has 0 fully saturated rings. The van der Waals surface area contributed by atoms with E-state index in [1.807, 2.05) is 6.07 Å². The summed E-state index contributed by atoms with van der Waals surface area (Å²) in [6.45, 7) is 2.99. The lowest BCUT2D eigenvalue weighted by molar-refractivity contribution is 0.102. The maximum atomic E-state index is 11.9. The SMILES string of the molecule is CCCNc1ccc(C(=O)Nc2ccncc2)nc1. The lowest BCUT2D eigenvalue weighted by atomic mass is 10.3. The Morgan fingerprint density at radius 1 is 1.16 bits per heavy atom. The fraction of sp³-hybridized carbons (Fsp3) is 0.214. The molecule has 0 atom stereocenters. The van der Waals surface area contributed by atoms with Crippen molar-refractivity contribution in [2.24, 2.45) is 0 Å². The van der Waals surface area contributed by atoms with Gasteiger partial charge in [0.1, 0.15) is 5.69 Å². The van der Waals surface area contributed by atoms with Gasteiger partial charge in [0.15, 0.2) is 0 Å². The molecule has 0 spiro atoms. The van der Waals surface area contributed by atoms with Gasteiger partial charge in [-0.2, -0.15) is 0 Å². The Bertz CT molecular complexity index is 525. The lowest BCUT2D eigenvalue weighted by Crippen LogP contribution is -2.13. The molecule has 0 aliphatic carbocycles. The van der Waals surface area contributed by atoms with Crippen LogP contribution in [0.2, 0.25) is 0 Å². The number of rotatable bonds is 5. The van der Waals surface area contributed by atoms with Gasteiger partial charge in [0, 0.05) is 24.6 Å². The van der Waals surface area contributed by atoms with Gasteiger partial charge in [-0.1, -0.05) is 6.92 Å². The summed E-state index contributed by atoms with van der Waals surface area (Å²) in [6, 6.07) is 7.02. The van der Waals surface area contributed by atoms with Crippen LogP contribution >= 0.6 is 0 Å². The van der Waals surface area contributed by atoms with Crippen LogP contribution in [-0.4, -0.2) is 22.4 Å². The van der Waals surface area contributed by atoms with Gasteiger partial charge in [0.2, 0.25) is 0 Å². The Hall–Kier alpha value is -2.43. The maximum absolute atomic E-state index is 11.9. The molecule has 19 heavy (non-hydrogen) atoms. The van der Waals surface area contributed by atoms with Crippen molar-refractivity contribution in [1.82, 2.24) is 9.97 Å². The topological polar surface area (TPSA) is 66.9 Å². The highest BCUT2D eigenvalue weighted by atomic mass is 16.1. The molecule has 5 heteroatoms. The Labute approximate surface area is 112 Å². The minimum absolute atomic E-state index is 0.228. The molecule has 0 bridgehead atoms. The molecule has 0 saturated carbocycles. The Balaban J connectivity index is 1.99. The molecule has 0 unspecified atom stereocenters. The Kier molecular flexibility index (Phi) is 4.44. The number of nitrogens with one attached hydrogen (secondary N) is 2. The predicted molar refractivity (Wildman–Crippen MR) is 75.2 cm³/mol. The molecule has 2 N–H and O–H groups in total. The van der Waals surface area contributed by atoms with Crippen molar-refractivity contribution in [3.05, 3.63) is 48.5 Å². The van der Waals surface area contributed by atoms with Crippen molar-refractivity contribution in [1.29, 1.82) is 0 Å². The summed E-state index contributed by atoms with van der Waals surface area (Å²) in [6.07, 6.45) is 5.96. The zero-order valence-electron chi connectivity index (χ0n) is 10.8. The number of aromatic nitrogens is 2. The summed E-state index contributed by atoms with van der Waals surface area (Å²) in [5, 5.41) is 5.97. The number of carbonyl (C=O) groups is 1. The zero-order chi connectivity index (χ0) is 13.5. The van der Waals surface area contributed by atoms with Crippen molar-refractivity contribution in [3.8, 4) is 0 Å². The van der Waals surface area contributed by atoms with Crippen molar-refractivity contribution in [2.75, 3.05) is 17.2 Å².